The Kier molecular flexibility index (Phi) is 6.76. The standard InChI is InChI=1S/C19H20F3N3O4S/c1-24(2)18(27)13-7-9-16(10-8-13)25(30(3,28)29)12-17(26)23-15-6-4-5-14(11-15)19(20,21)22/h4-11H,12H2,1-3H3,(H,23,26). The number of benzene rings is 2. The van der Waals surface area contributed by atoms with Gasteiger partial charge in [-0.05, 0) is 42.5 Å². The third-order valence-corrected chi connectivity index (χ3v) is 5.11. The Bertz CT molecular complexity index is 1040. The number of rotatable bonds is 6. The third-order valence-electron chi connectivity index (χ3n) is 3.97. The Morgan fingerprint density at radius 1 is 1.03 bits per heavy atom. The van der Waals surface area contributed by atoms with Crippen molar-refractivity contribution in [3.05, 3.63) is 59.7 Å². The van der Waals surface area contributed by atoms with Crippen molar-refractivity contribution < 1.29 is 31.2 Å². The first-order valence-electron chi connectivity index (χ1n) is 8.55. The molecule has 0 heterocycles. The molecule has 0 saturated carbocycles. The maximum atomic E-state index is 12.8. The summed E-state index contributed by atoms with van der Waals surface area (Å²) < 4.78 is 63.5. The fraction of sp³-hybridized carbons (Fsp3) is 0.263. The summed E-state index contributed by atoms with van der Waals surface area (Å²) in [6.45, 7) is -0.657. The van der Waals surface area contributed by atoms with E-state index in [0.717, 1.165) is 28.8 Å². The molecule has 30 heavy (non-hydrogen) atoms. The van der Waals surface area contributed by atoms with Gasteiger partial charge in [0.25, 0.3) is 5.91 Å². The van der Waals surface area contributed by atoms with E-state index < -0.39 is 34.2 Å². The lowest BCUT2D eigenvalue weighted by molar-refractivity contribution is -0.137. The van der Waals surface area contributed by atoms with Crippen molar-refractivity contribution in [2.45, 2.75) is 6.18 Å². The minimum absolute atomic E-state index is 0.116. The second-order valence-electron chi connectivity index (χ2n) is 6.64. The summed E-state index contributed by atoms with van der Waals surface area (Å²) in [5, 5.41) is 2.27. The van der Waals surface area contributed by atoms with E-state index in [1.165, 1.54) is 35.2 Å². The molecule has 2 aromatic carbocycles. The number of sulfonamides is 1. The Balaban J connectivity index is 2.22. The highest BCUT2D eigenvalue weighted by Crippen LogP contribution is 2.30. The summed E-state index contributed by atoms with van der Waals surface area (Å²) in [7, 11) is -0.756. The van der Waals surface area contributed by atoms with Crippen molar-refractivity contribution in [3.63, 3.8) is 0 Å². The van der Waals surface area contributed by atoms with Gasteiger partial charge in [-0.15, -0.1) is 0 Å². The summed E-state index contributed by atoms with van der Waals surface area (Å²) in [5.74, 6) is -1.11. The molecule has 2 amide bonds. The second-order valence-corrected chi connectivity index (χ2v) is 8.55. The molecule has 0 aliphatic heterocycles. The van der Waals surface area contributed by atoms with Crippen LogP contribution in [-0.2, 0) is 21.0 Å². The number of carbonyl (C=O) groups is 2. The molecule has 0 aliphatic rings. The number of halogens is 3. The summed E-state index contributed by atoms with van der Waals surface area (Å²) >= 11 is 0. The van der Waals surface area contributed by atoms with E-state index in [9.17, 15) is 31.2 Å². The van der Waals surface area contributed by atoms with Crippen LogP contribution < -0.4 is 9.62 Å². The minimum Gasteiger partial charge on any atom is -0.345 e. The lowest BCUT2D eigenvalue weighted by Crippen LogP contribution is -2.37. The molecule has 0 spiro atoms. The second kappa shape index (κ2) is 8.74. The van der Waals surface area contributed by atoms with Gasteiger partial charge >= 0.3 is 6.18 Å². The van der Waals surface area contributed by atoms with Crippen molar-refractivity contribution >= 4 is 33.2 Å². The summed E-state index contributed by atoms with van der Waals surface area (Å²) in [5.41, 5.74) is -0.603. The molecule has 0 unspecified atom stereocenters. The molecule has 0 radical (unpaired) electrons. The first kappa shape index (κ1) is 23.2. The van der Waals surface area contributed by atoms with E-state index in [1.807, 2.05) is 0 Å². The van der Waals surface area contributed by atoms with E-state index in [4.69, 9.17) is 0 Å². The van der Waals surface area contributed by atoms with Gasteiger partial charge in [-0.25, -0.2) is 8.42 Å². The fourth-order valence-electron chi connectivity index (χ4n) is 2.53. The van der Waals surface area contributed by atoms with Gasteiger partial charge in [0.2, 0.25) is 15.9 Å². The van der Waals surface area contributed by atoms with Crippen LogP contribution in [0.5, 0.6) is 0 Å². The number of carbonyl (C=O) groups excluding carboxylic acids is 2. The lowest BCUT2D eigenvalue weighted by atomic mass is 10.2. The van der Waals surface area contributed by atoms with Crippen LogP contribution in [0.4, 0.5) is 24.5 Å². The summed E-state index contributed by atoms with van der Waals surface area (Å²) in [4.78, 5) is 25.6. The molecule has 0 aliphatic carbocycles. The van der Waals surface area contributed by atoms with Gasteiger partial charge in [-0.1, -0.05) is 6.07 Å². The van der Waals surface area contributed by atoms with E-state index in [2.05, 4.69) is 5.32 Å². The molecule has 7 nitrogen and oxygen atoms in total. The maximum absolute atomic E-state index is 12.8. The molecule has 0 fully saturated rings. The zero-order valence-corrected chi connectivity index (χ0v) is 17.2. The Morgan fingerprint density at radius 2 is 1.63 bits per heavy atom. The predicted molar refractivity (Wildman–Crippen MR) is 107 cm³/mol. The largest absolute Gasteiger partial charge is 0.416 e. The minimum atomic E-state index is -4.58. The summed E-state index contributed by atoms with van der Waals surface area (Å²) in [6, 6.07) is 9.58. The van der Waals surface area contributed by atoms with Gasteiger partial charge in [-0.3, -0.25) is 13.9 Å². The first-order chi connectivity index (χ1) is 13.8. The molecule has 0 saturated heterocycles. The normalized spacial score (nSPS) is 11.7. The molecule has 11 heteroatoms. The molecular formula is C19H20F3N3O4S. The number of amides is 2. The molecule has 162 valence electrons. The fourth-order valence-corrected chi connectivity index (χ4v) is 3.39. The zero-order chi connectivity index (χ0) is 22.7. The SMILES string of the molecule is CN(C)C(=O)c1ccc(N(CC(=O)Nc2cccc(C(F)(F)F)c2)S(C)(=O)=O)cc1. The molecular weight excluding hydrogens is 423 g/mol. The van der Waals surface area contributed by atoms with Crippen LogP contribution in [0.1, 0.15) is 15.9 Å². The van der Waals surface area contributed by atoms with Gasteiger partial charge in [0.1, 0.15) is 6.54 Å². The Hall–Kier alpha value is -3.08. The Morgan fingerprint density at radius 3 is 2.13 bits per heavy atom. The zero-order valence-electron chi connectivity index (χ0n) is 16.4. The van der Waals surface area contributed by atoms with Crippen LogP contribution in [-0.4, -0.2) is 52.0 Å². The smallest absolute Gasteiger partial charge is 0.345 e. The molecule has 2 rings (SSSR count). The molecule has 0 atom stereocenters. The van der Waals surface area contributed by atoms with Gasteiger partial charge in [0.05, 0.1) is 17.5 Å². The average molecular weight is 443 g/mol. The van der Waals surface area contributed by atoms with Gasteiger partial charge in [0, 0.05) is 25.3 Å². The third kappa shape index (κ3) is 5.96. The monoisotopic (exact) mass is 443 g/mol. The van der Waals surface area contributed by atoms with Crippen LogP contribution in [0, 0.1) is 0 Å². The van der Waals surface area contributed by atoms with Crippen molar-refractivity contribution in [2.24, 2.45) is 0 Å². The van der Waals surface area contributed by atoms with E-state index in [-0.39, 0.29) is 17.3 Å². The van der Waals surface area contributed by atoms with Gasteiger partial charge < -0.3 is 10.2 Å². The first-order valence-corrected chi connectivity index (χ1v) is 10.4. The Labute approximate surface area is 172 Å². The van der Waals surface area contributed by atoms with E-state index in [1.54, 1.807) is 14.1 Å². The molecule has 1 N–H and O–H groups in total. The highest BCUT2D eigenvalue weighted by Gasteiger charge is 2.30. The maximum Gasteiger partial charge on any atom is 0.416 e. The van der Waals surface area contributed by atoms with Gasteiger partial charge in [0.15, 0.2) is 0 Å². The lowest BCUT2D eigenvalue weighted by Gasteiger charge is -2.22. The van der Waals surface area contributed by atoms with Gasteiger partial charge in [-0.2, -0.15) is 13.2 Å². The van der Waals surface area contributed by atoms with Crippen molar-refractivity contribution in [3.8, 4) is 0 Å². The number of alkyl halides is 3. The van der Waals surface area contributed by atoms with E-state index in [0.29, 0.717) is 5.56 Å². The quantitative estimate of drug-likeness (QED) is 0.744. The van der Waals surface area contributed by atoms with Crippen LogP contribution in [0.15, 0.2) is 48.5 Å². The number of nitrogens with one attached hydrogen (secondary N) is 1. The average Bonchev–Trinajstić information content (AvgIpc) is 2.64. The molecule has 2 aromatic rings. The highest BCUT2D eigenvalue weighted by atomic mass is 32.2. The highest BCUT2D eigenvalue weighted by molar-refractivity contribution is 7.92. The van der Waals surface area contributed by atoms with Crippen molar-refractivity contribution in [2.75, 3.05) is 36.5 Å². The van der Waals surface area contributed by atoms with Crippen molar-refractivity contribution in [1.82, 2.24) is 4.90 Å². The van der Waals surface area contributed by atoms with Crippen molar-refractivity contribution in [1.29, 1.82) is 0 Å². The number of anilines is 2. The van der Waals surface area contributed by atoms with Crippen LogP contribution in [0.3, 0.4) is 0 Å². The topological polar surface area (TPSA) is 86.8 Å². The predicted octanol–water partition coefficient (Wildman–Crippen LogP) is 2.81. The number of nitrogens with zero attached hydrogens (tertiary/aromatic N) is 2. The summed E-state index contributed by atoms with van der Waals surface area (Å²) in [6.07, 6.45) is -3.69. The molecule has 0 bridgehead atoms. The number of hydrogen-bond acceptors (Lipinski definition) is 4. The van der Waals surface area contributed by atoms with Crippen LogP contribution in [0.2, 0.25) is 0 Å². The van der Waals surface area contributed by atoms with Crippen LogP contribution >= 0.6 is 0 Å². The number of hydrogen-bond donors (Lipinski definition) is 1. The van der Waals surface area contributed by atoms with E-state index >= 15 is 0 Å². The molecule has 0 aromatic heterocycles. The van der Waals surface area contributed by atoms with Crippen LogP contribution in [0.25, 0.3) is 0 Å².